The number of nitrogens with one attached hydrogen (secondary N) is 1. The van der Waals surface area contributed by atoms with Gasteiger partial charge in [-0.15, -0.1) is 0 Å². The summed E-state index contributed by atoms with van der Waals surface area (Å²) in [6, 6.07) is 2.90. The van der Waals surface area contributed by atoms with Crippen molar-refractivity contribution in [3.8, 4) is 0 Å². The van der Waals surface area contributed by atoms with Crippen LogP contribution in [0.3, 0.4) is 0 Å². The highest BCUT2D eigenvalue weighted by atomic mass is 79.9. The number of hydrogen-bond donors (Lipinski definition) is 2. The standard InChI is InChI=1S/C10H10BrF4NO/c11-7-3-6(1-2-8(7)12)9(4-17)16-5-10(13,14)15/h1-3,9,16-17H,4-5H2. The lowest BCUT2D eigenvalue weighted by Crippen LogP contribution is -2.33. The van der Waals surface area contributed by atoms with Crippen molar-refractivity contribution in [3.63, 3.8) is 0 Å². The average molecular weight is 316 g/mol. The molecule has 0 amide bonds. The number of halogens is 5. The summed E-state index contributed by atoms with van der Waals surface area (Å²) >= 11 is 2.93. The van der Waals surface area contributed by atoms with Gasteiger partial charge in [0.05, 0.1) is 23.7 Å². The van der Waals surface area contributed by atoms with Crippen molar-refractivity contribution in [2.75, 3.05) is 13.2 Å². The highest BCUT2D eigenvalue weighted by Gasteiger charge is 2.28. The van der Waals surface area contributed by atoms with Gasteiger partial charge in [-0.25, -0.2) is 4.39 Å². The van der Waals surface area contributed by atoms with Crippen molar-refractivity contribution in [1.82, 2.24) is 5.32 Å². The maximum Gasteiger partial charge on any atom is 0.401 e. The lowest BCUT2D eigenvalue weighted by Gasteiger charge is -2.18. The number of hydrogen-bond acceptors (Lipinski definition) is 2. The van der Waals surface area contributed by atoms with Gasteiger partial charge in [0.1, 0.15) is 5.82 Å². The van der Waals surface area contributed by atoms with Crippen LogP contribution in [0.2, 0.25) is 0 Å². The van der Waals surface area contributed by atoms with Crippen LogP contribution in [0.5, 0.6) is 0 Å². The minimum Gasteiger partial charge on any atom is -0.394 e. The molecule has 0 saturated carbocycles. The molecular formula is C10H10BrF4NO. The monoisotopic (exact) mass is 315 g/mol. The van der Waals surface area contributed by atoms with E-state index in [1.54, 1.807) is 0 Å². The molecule has 0 aromatic heterocycles. The Kier molecular flexibility index (Phi) is 4.91. The Labute approximate surface area is 104 Å². The van der Waals surface area contributed by atoms with Gasteiger partial charge in [0.2, 0.25) is 0 Å². The van der Waals surface area contributed by atoms with Gasteiger partial charge in [0, 0.05) is 0 Å². The van der Waals surface area contributed by atoms with E-state index in [2.05, 4.69) is 21.2 Å². The minimum atomic E-state index is -4.36. The topological polar surface area (TPSA) is 32.3 Å². The fourth-order valence-electron chi connectivity index (χ4n) is 1.26. The van der Waals surface area contributed by atoms with E-state index in [4.69, 9.17) is 5.11 Å². The number of alkyl halides is 3. The van der Waals surface area contributed by atoms with Crippen LogP contribution in [0, 0.1) is 5.82 Å². The van der Waals surface area contributed by atoms with Gasteiger partial charge in [0.25, 0.3) is 0 Å². The number of aliphatic hydroxyl groups excluding tert-OH is 1. The maximum atomic E-state index is 12.9. The van der Waals surface area contributed by atoms with Crippen LogP contribution in [-0.4, -0.2) is 24.4 Å². The van der Waals surface area contributed by atoms with E-state index in [1.807, 2.05) is 0 Å². The van der Waals surface area contributed by atoms with E-state index < -0.39 is 31.2 Å². The van der Waals surface area contributed by atoms with E-state index in [1.165, 1.54) is 12.1 Å². The quantitative estimate of drug-likeness (QED) is 0.837. The summed E-state index contributed by atoms with van der Waals surface area (Å²) in [7, 11) is 0. The van der Waals surface area contributed by atoms with Gasteiger partial charge in [-0.05, 0) is 33.6 Å². The number of aliphatic hydroxyl groups is 1. The van der Waals surface area contributed by atoms with Crippen molar-refractivity contribution in [1.29, 1.82) is 0 Å². The van der Waals surface area contributed by atoms with Gasteiger partial charge < -0.3 is 5.11 Å². The SMILES string of the molecule is OCC(NCC(F)(F)F)c1ccc(F)c(Br)c1. The van der Waals surface area contributed by atoms with Crippen LogP contribution < -0.4 is 5.32 Å². The predicted octanol–water partition coefficient (Wildman–Crippen LogP) is 2.77. The Hall–Kier alpha value is -0.660. The molecule has 2 N–H and O–H groups in total. The Morgan fingerprint density at radius 1 is 1.35 bits per heavy atom. The zero-order chi connectivity index (χ0) is 13.1. The summed E-state index contributed by atoms with van der Waals surface area (Å²) in [5, 5.41) is 11.2. The molecule has 1 atom stereocenters. The van der Waals surface area contributed by atoms with E-state index in [-0.39, 0.29) is 4.47 Å². The lowest BCUT2D eigenvalue weighted by molar-refractivity contribution is -0.126. The molecule has 1 aromatic rings. The van der Waals surface area contributed by atoms with Crippen LogP contribution in [0.15, 0.2) is 22.7 Å². The molecule has 0 spiro atoms. The first-order chi connectivity index (χ1) is 7.83. The molecule has 96 valence electrons. The fourth-order valence-corrected chi connectivity index (χ4v) is 1.65. The van der Waals surface area contributed by atoms with Crippen LogP contribution in [-0.2, 0) is 0 Å². The van der Waals surface area contributed by atoms with Crippen LogP contribution >= 0.6 is 15.9 Å². The fraction of sp³-hybridized carbons (Fsp3) is 0.400. The molecule has 0 bridgehead atoms. The molecule has 0 aliphatic heterocycles. The highest BCUT2D eigenvalue weighted by Crippen LogP contribution is 2.22. The third-order valence-electron chi connectivity index (χ3n) is 2.08. The lowest BCUT2D eigenvalue weighted by atomic mass is 10.1. The summed E-state index contributed by atoms with van der Waals surface area (Å²) in [4.78, 5) is 0. The second-order valence-corrected chi connectivity index (χ2v) is 4.26. The highest BCUT2D eigenvalue weighted by molar-refractivity contribution is 9.10. The second-order valence-electron chi connectivity index (χ2n) is 3.40. The minimum absolute atomic E-state index is 0.141. The van der Waals surface area contributed by atoms with Crippen LogP contribution in [0.25, 0.3) is 0 Å². The molecule has 0 saturated heterocycles. The van der Waals surface area contributed by atoms with Gasteiger partial charge in [0.15, 0.2) is 0 Å². The Morgan fingerprint density at radius 2 is 2.00 bits per heavy atom. The van der Waals surface area contributed by atoms with Gasteiger partial charge in [-0.3, -0.25) is 5.32 Å². The Balaban J connectivity index is 2.76. The first-order valence-electron chi connectivity index (χ1n) is 4.69. The molecule has 1 rings (SSSR count). The molecule has 0 aliphatic carbocycles. The summed E-state index contributed by atoms with van der Waals surface area (Å²) in [5.41, 5.74) is 0.380. The smallest absolute Gasteiger partial charge is 0.394 e. The summed E-state index contributed by atoms with van der Waals surface area (Å²) in [5.74, 6) is -0.513. The Morgan fingerprint density at radius 3 is 2.47 bits per heavy atom. The molecule has 2 nitrogen and oxygen atoms in total. The van der Waals surface area contributed by atoms with Crippen LogP contribution in [0.1, 0.15) is 11.6 Å². The van der Waals surface area contributed by atoms with E-state index >= 15 is 0 Å². The molecule has 1 aromatic carbocycles. The molecule has 0 heterocycles. The van der Waals surface area contributed by atoms with Crippen molar-refractivity contribution < 1.29 is 22.7 Å². The van der Waals surface area contributed by atoms with Gasteiger partial charge in [-0.2, -0.15) is 13.2 Å². The van der Waals surface area contributed by atoms with E-state index in [0.29, 0.717) is 5.56 Å². The van der Waals surface area contributed by atoms with Gasteiger partial charge >= 0.3 is 6.18 Å². The molecule has 0 aliphatic rings. The Bertz CT molecular complexity index is 383. The molecule has 0 radical (unpaired) electrons. The van der Waals surface area contributed by atoms with E-state index in [9.17, 15) is 17.6 Å². The molecule has 7 heteroatoms. The third-order valence-corrected chi connectivity index (χ3v) is 2.69. The normalized spacial score (nSPS) is 13.8. The first kappa shape index (κ1) is 14.4. The van der Waals surface area contributed by atoms with Crippen molar-refractivity contribution in [3.05, 3.63) is 34.1 Å². The zero-order valence-corrected chi connectivity index (χ0v) is 10.1. The van der Waals surface area contributed by atoms with Crippen molar-refractivity contribution >= 4 is 15.9 Å². The molecule has 17 heavy (non-hydrogen) atoms. The first-order valence-corrected chi connectivity index (χ1v) is 5.48. The van der Waals surface area contributed by atoms with Crippen molar-refractivity contribution in [2.24, 2.45) is 0 Å². The van der Waals surface area contributed by atoms with Gasteiger partial charge in [-0.1, -0.05) is 6.07 Å². The molecule has 0 fully saturated rings. The van der Waals surface area contributed by atoms with Crippen molar-refractivity contribution in [2.45, 2.75) is 12.2 Å². The second kappa shape index (κ2) is 5.79. The molecule has 1 unspecified atom stereocenters. The number of benzene rings is 1. The number of rotatable bonds is 4. The zero-order valence-electron chi connectivity index (χ0n) is 8.56. The summed E-state index contributed by atoms with van der Waals surface area (Å²) in [6.07, 6.45) is -4.36. The van der Waals surface area contributed by atoms with Crippen LogP contribution in [0.4, 0.5) is 17.6 Å². The maximum absolute atomic E-state index is 12.9. The summed E-state index contributed by atoms with van der Waals surface area (Å²) < 4.78 is 49.1. The largest absolute Gasteiger partial charge is 0.401 e. The van der Waals surface area contributed by atoms with E-state index in [0.717, 1.165) is 6.07 Å². The molecular weight excluding hydrogens is 306 g/mol. The summed E-state index contributed by atoms with van der Waals surface area (Å²) in [6.45, 7) is -1.72. The average Bonchev–Trinajstić information content (AvgIpc) is 2.22. The third kappa shape index (κ3) is 4.61. The predicted molar refractivity (Wildman–Crippen MR) is 58.0 cm³/mol.